The van der Waals surface area contributed by atoms with Gasteiger partial charge in [0, 0.05) is 28.3 Å². The van der Waals surface area contributed by atoms with Crippen LogP contribution in [-0.4, -0.2) is 28.3 Å². The van der Waals surface area contributed by atoms with Gasteiger partial charge in [-0.05, 0) is 18.9 Å². The highest BCUT2D eigenvalue weighted by Gasteiger charge is 2.11. The second kappa shape index (κ2) is 8.42. The minimum Gasteiger partial charge on any atom is -0.313 e. The fourth-order valence-electron chi connectivity index (χ4n) is 1.55. The minimum absolute atomic E-state index is 0.449. The molecule has 0 aromatic carbocycles. The highest BCUT2D eigenvalue weighted by Crippen LogP contribution is 2.02. The van der Waals surface area contributed by atoms with Crippen molar-refractivity contribution in [3.8, 4) is 0 Å². The Balaban J connectivity index is 3.82. The second-order valence-corrected chi connectivity index (χ2v) is 5.76. The van der Waals surface area contributed by atoms with Gasteiger partial charge in [-0.25, -0.2) is 0 Å². The molecule has 0 rings (SSSR count). The maximum atomic E-state index is 11.7. The number of rotatable bonds is 8. The highest BCUT2D eigenvalue weighted by atomic mass is 32.2. The molecule has 2 nitrogen and oxygen atoms in total. The van der Waals surface area contributed by atoms with Crippen molar-refractivity contribution in [2.75, 3.05) is 18.1 Å². The largest absolute Gasteiger partial charge is 0.313 e. The van der Waals surface area contributed by atoms with Crippen molar-refractivity contribution >= 4 is 10.8 Å². The van der Waals surface area contributed by atoms with Crippen molar-refractivity contribution in [1.82, 2.24) is 5.32 Å². The van der Waals surface area contributed by atoms with Crippen LogP contribution in [0.25, 0.3) is 0 Å². The van der Waals surface area contributed by atoms with Crippen LogP contribution in [0.15, 0.2) is 0 Å². The summed E-state index contributed by atoms with van der Waals surface area (Å²) in [6.45, 7) is 9.51. The fourth-order valence-corrected chi connectivity index (χ4v) is 3.16. The van der Waals surface area contributed by atoms with Gasteiger partial charge in [0.15, 0.2) is 0 Å². The van der Waals surface area contributed by atoms with Crippen LogP contribution in [0, 0.1) is 5.92 Å². The topological polar surface area (TPSA) is 29.1 Å². The highest BCUT2D eigenvalue weighted by molar-refractivity contribution is 7.85. The van der Waals surface area contributed by atoms with Gasteiger partial charge in [-0.15, -0.1) is 0 Å². The van der Waals surface area contributed by atoms with Crippen molar-refractivity contribution < 1.29 is 4.21 Å². The Hall–Kier alpha value is 0.110. The zero-order valence-electron chi connectivity index (χ0n) is 10.0. The van der Waals surface area contributed by atoms with Gasteiger partial charge in [0.05, 0.1) is 0 Å². The molecule has 0 saturated heterocycles. The van der Waals surface area contributed by atoms with Crippen molar-refractivity contribution in [3.05, 3.63) is 0 Å². The molecule has 0 spiro atoms. The third kappa shape index (κ3) is 7.51. The van der Waals surface area contributed by atoms with Crippen LogP contribution >= 0.6 is 0 Å². The molecule has 0 radical (unpaired) electrons. The summed E-state index contributed by atoms with van der Waals surface area (Å²) in [4.78, 5) is 0. The first-order valence-electron chi connectivity index (χ1n) is 5.68. The summed E-state index contributed by atoms with van der Waals surface area (Å²) in [5.74, 6) is 2.20. The molecule has 0 aromatic rings. The zero-order chi connectivity index (χ0) is 11.0. The molecule has 2 unspecified atom stereocenters. The summed E-state index contributed by atoms with van der Waals surface area (Å²) < 4.78 is 11.7. The average Bonchev–Trinajstić information content (AvgIpc) is 2.03. The van der Waals surface area contributed by atoms with Crippen LogP contribution in [0.1, 0.15) is 40.5 Å². The lowest BCUT2D eigenvalue weighted by Gasteiger charge is -2.17. The Kier molecular flexibility index (Phi) is 8.49. The van der Waals surface area contributed by atoms with Crippen LogP contribution in [0.3, 0.4) is 0 Å². The van der Waals surface area contributed by atoms with E-state index in [0.717, 1.165) is 30.9 Å². The molecule has 0 amide bonds. The number of nitrogens with one attached hydrogen (secondary N) is 1. The maximum Gasteiger partial charge on any atom is 0.0388 e. The van der Waals surface area contributed by atoms with Gasteiger partial charge in [-0.2, -0.15) is 0 Å². The van der Waals surface area contributed by atoms with E-state index < -0.39 is 10.8 Å². The van der Waals surface area contributed by atoms with Gasteiger partial charge in [-0.3, -0.25) is 4.21 Å². The Bertz CT molecular complexity index is 153. The third-order valence-corrected chi connectivity index (χ3v) is 3.85. The van der Waals surface area contributed by atoms with Crippen LogP contribution in [-0.2, 0) is 10.8 Å². The number of hydrogen-bond donors (Lipinski definition) is 1. The first-order valence-corrected chi connectivity index (χ1v) is 7.17. The standard InChI is InChI=1S/C11H25NOS/c1-5-7-11(12-6-2)9-14(13)8-10(3)4/h10-12H,5-9H2,1-4H3. The lowest BCUT2D eigenvalue weighted by Crippen LogP contribution is -2.34. The zero-order valence-corrected chi connectivity index (χ0v) is 10.8. The molecule has 0 heterocycles. The van der Waals surface area contributed by atoms with Gasteiger partial charge in [0.2, 0.25) is 0 Å². The molecular weight excluding hydrogens is 194 g/mol. The second-order valence-electron chi connectivity index (χ2n) is 4.21. The van der Waals surface area contributed by atoms with Gasteiger partial charge in [0.1, 0.15) is 0 Å². The van der Waals surface area contributed by atoms with Crippen molar-refractivity contribution in [1.29, 1.82) is 0 Å². The third-order valence-electron chi connectivity index (χ3n) is 2.04. The summed E-state index contributed by atoms with van der Waals surface area (Å²) in [5.41, 5.74) is 0. The van der Waals surface area contributed by atoms with Gasteiger partial charge in [0.25, 0.3) is 0 Å². The van der Waals surface area contributed by atoms with Crippen LogP contribution in [0.2, 0.25) is 0 Å². The maximum absolute atomic E-state index is 11.7. The van der Waals surface area contributed by atoms with E-state index in [9.17, 15) is 4.21 Å². The van der Waals surface area contributed by atoms with Crippen LogP contribution < -0.4 is 5.32 Å². The average molecular weight is 219 g/mol. The van der Waals surface area contributed by atoms with E-state index in [1.807, 2.05) is 0 Å². The summed E-state index contributed by atoms with van der Waals surface area (Å²) in [7, 11) is -0.646. The van der Waals surface area contributed by atoms with E-state index in [-0.39, 0.29) is 0 Å². The van der Waals surface area contributed by atoms with E-state index in [1.165, 1.54) is 0 Å². The van der Waals surface area contributed by atoms with Crippen molar-refractivity contribution in [3.63, 3.8) is 0 Å². The van der Waals surface area contributed by atoms with Crippen molar-refractivity contribution in [2.45, 2.75) is 46.6 Å². The Morgan fingerprint density at radius 2 is 1.86 bits per heavy atom. The molecular formula is C11H25NOS. The van der Waals surface area contributed by atoms with Crippen LogP contribution in [0.4, 0.5) is 0 Å². The monoisotopic (exact) mass is 219 g/mol. The Morgan fingerprint density at radius 1 is 1.21 bits per heavy atom. The smallest absolute Gasteiger partial charge is 0.0388 e. The number of hydrogen-bond acceptors (Lipinski definition) is 2. The molecule has 86 valence electrons. The Morgan fingerprint density at radius 3 is 2.29 bits per heavy atom. The lowest BCUT2D eigenvalue weighted by molar-refractivity contribution is 0.524. The Labute approximate surface area is 91.3 Å². The van der Waals surface area contributed by atoms with E-state index in [1.54, 1.807) is 0 Å². The SMILES string of the molecule is CCCC(CS(=O)CC(C)C)NCC. The van der Waals surface area contributed by atoms with E-state index in [4.69, 9.17) is 0 Å². The lowest BCUT2D eigenvalue weighted by atomic mass is 10.2. The van der Waals surface area contributed by atoms with Gasteiger partial charge >= 0.3 is 0 Å². The molecule has 3 heteroatoms. The first-order chi connectivity index (χ1) is 6.60. The molecule has 0 aliphatic rings. The molecule has 0 aromatic heterocycles. The quantitative estimate of drug-likeness (QED) is 0.678. The first kappa shape index (κ1) is 14.1. The predicted octanol–water partition coefficient (Wildman–Crippen LogP) is 2.17. The molecule has 1 N–H and O–H groups in total. The van der Waals surface area contributed by atoms with E-state index >= 15 is 0 Å². The normalized spacial score (nSPS) is 15.8. The molecule has 2 atom stereocenters. The fraction of sp³-hybridized carbons (Fsp3) is 1.00. The predicted molar refractivity (Wildman–Crippen MR) is 65.1 cm³/mol. The van der Waals surface area contributed by atoms with Gasteiger partial charge < -0.3 is 5.32 Å². The molecule has 0 aliphatic carbocycles. The molecule has 0 bridgehead atoms. The van der Waals surface area contributed by atoms with E-state index in [2.05, 4.69) is 33.0 Å². The molecule has 0 fully saturated rings. The van der Waals surface area contributed by atoms with E-state index in [0.29, 0.717) is 12.0 Å². The minimum atomic E-state index is -0.646. The molecule has 0 saturated carbocycles. The summed E-state index contributed by atoms with van der Waals surface area (Å²) >= 11 is 0. The summed E-state index contributed by atoms with van der Waals surface area (Å²) in [6.07, 6.45) is 2.30. The molecule has 0 aliphatic heterocycles. The van der Waals surface area contributed by atoms with Crippen molar-refractivity contribution in [2.24, 2.45) is 5.92 Å². The molecule has 14 heavy (non-hydrogen) atoms. The summed E-state index contributed by atoms with van der Waals surface area (Å²) in [5, 5.41) is 3.39. The summed E-state index contributed by atoms with van der Waals surface area (Å²) in [6, 6.07) is 0.449. The van der Waals surface area contributed by atoms with Crippen LogP contribution in [0.5, 0.6) is 0 Å². The van der Waals surface area contributed by atoms with Gasteiger partial charge in [-0.1, -0.05) is 34.1 Å².